The topological polar surface area (TPSA) is 71.0 Å². The van der Waals surface area contributed by atoms with Crippen molar-refractivity contribution < 1.29 is 13.6 Å². The monoisotopic (exact) mass is 481 g/mol. The minimum Gasteiger partial charge on any atom is -0.467 e. The number of anilines is 1. The molecule has 1 saturated carbocycles. The van der Waals surface area contributed by atoms with Crippen LogP contribution in [-0.4, -0.2) is 33.7 Å². The number of halogens is 1. The first-order chi connectivity index (χ1) is 12.9. The van der Waals surface area contributed by atoms with Crippen LogP contribution in [0.3, 0.4) is 0 Å². The quantitative estimate of drug-likeness (QED) is 0.486. The Labute approximate surface area is 172 Å². The number of amides is 1. The number of carbonyl (C=O) groups excluding carboxylic acids is 1. The van der Waals surface area contributed by atoms with Gasteiger partial charge in [0.1, 0.15) is 15.2 Å². The van der Waals surface area contributed by atoms with Crippen molar-refractivity contribution in [1.29, 1.82) is 0 Å². The smallest absolute Gasteiger partial charge is 0.258 e. The Morgan fingerprint density at radius 2 is 2.19 bits per heavy atom. The van der Waals surface area contributed by atoms with Gasteiger partial charge in [0, 0.05) is 13.6 Å². The third kappa shape index (κ3) is 3.41. The van der Waals surface area contributed by atoms with Crippen molar-refractivity contribution in [3.63, 3.8) is 0 Å². The largest absolute Gasteiger partial charge is 0.467 e. The molecule has 1 saturated heterocycles. The van der Waals surface area contributed by atoms with Gasteiger partial charge in [0.2, 0.25) is 5.88 Å². The molecule has 1 aliphatic heterocycles. The summed E-state index contributed by atoms with van der Waals surface area (Å²) in [5.41, 5.74) is 1.38. The molecule has 27 heavy (non-hydrogen) atoms. The maximum Gasteiger partial charge on any atom is 0.258 e. The number of hydrogen-bond acceptors (Lipinski definition) is 5. The predicted molar refractivity (Wildman–Crippen MR) is 113 cm³/mol. The highest BCUT2D eigenvalue weighted by atomic mass is 127. The van der Waals surface area contributed by atoms with E-state index in [1.807, 2.05) is 24.0 Å². The number of hydrogen-bond donors (Lipinski definition) is 1. The van der Waals surface area contributed by atoms with E-state index in [0.29, 0.717) is 23.8 Å². The molecule has 2 fully saturated rings. The standard InChI is InChI=1S/C20H24IN3O3/c1-12-15(16(18(22-3)27-12)17(21)23-20(2)8-9-20)19(25)24-10-4-6-13(24)14-7-5-11-26-14/h5,7,11,13,22H,4,6,8-10H2,1-3H3. The summed E-state index contributed by atoms with van der Waals surface area (Å²) < 4.78 is 12.3. The van der Waals surface area contributed by atoms with Gasteiger partial charge in [0.05, 0.1) is 29.0 Å². The summed E-state index contributed by atoms with van der Waals surface area (Å²) in [4.78, 5) is 20.3. The second-order valence-corrected chi connectivity index (χ2v) is 8.58. The number of likely N-dealkylation sites (tertiary alicyclic amines) is 1. The fraction of sp³-hybridized carbons (Fsp3) is 0.500. The Bertz CT molecular complexity index is 881. The number of nitrogens with zero attached hydrogens (tertiary/aromatic N) is 2. The number of nitrogens with one attached hydrogen (secondary N) is 1. The van der Waals surface area contributed by atoms with E-state index in [-0.39, 0.29) is 17.5 Å². The highest BCUT2D eigenvalue weighted by molar-refractivity contribution is 14.1. The molecule has 0 aromatic carbocycles. The summed E-state index contributed by atoms with van der Waals surface area (Å²) in [5.74, 6) is 2.04. The van der Waals surface area contributed by atoms with Crippen LogP contribution >= 0.6 is 22.6 Å². The van der Waals surface area contributed by atoms with Crippen molar-refractivity contribution in [3.05, 3.63) is 41.0 Å². The van der Waals surface area contributed by atoms with Crippen molar-refractivity contribution in [1.82, 2.24) is 4.90 Å². The van der Waals surface area contributed by atoms with Crippen molar-refractivity contribution in [2.75, 3.05) is 18.9 Å². The molecule has 2 aliphatic rings. The first-order valence-corrected chi connectivity index (χ1v) is 10.4. The van der Waals surface area contributed by atoms with Crippen LogP contribution in [0.25, 0.3) is 0 Å². The zero-order chi connectivity index (χ0) is 19.2. The van der Waals surface area contributed by atoms with Crippen LogP contribution in [0.2, 0.25) is 0 Å². The van der Waals surface area contributed by atoms with Gasteiger partial charge in [-0.3, -0.25) is 9.79 Å². The van der Waals surface area contributed by atoms with Gasteiger partial charge in [-0.15, -0.1) is 0 Å². The van der Waals surface area contributed by atoms with Gasteiger partial charge in [-0.25, -0.2) is 0 Å². The molecule has 4 rings (SSSR count). The molecular weight excluding hydrogens is 457 g/mol. The molecule has 0 bridgehead atoms. The molecule has 1 aliphatic carbocycles. The summed E-state index contributed by atoms with van der Waals surface area (Å²) in [5, 5.41) is 3.09. The van der Waals surface area contributed by atoms with Crippen molar-refractivity contribution >= 4 is 38.1 Å². The summed E-state index contributed by atoms with van der Waals surface area (Å²) in [7, 11) is 1.81. The molecule has 0 spiro atoms. The highest BCUT2D eigenvalue weighted by Crippen LogP contribution is 2.42. The molecule has 1 unspecified atom stereocenters. The molecule has 6 nitrogen and oxygen atoms in total. The summed E-state index contributed by atoms with van der Waals surface area (Å²) in [6.07, 6.45) is 5.71. The van der Waals surface area contributed by atoms with E-state index in [0.717, 1.165) is 40.7 Å². The van der Waals surface area contributed by atoms with Crippen LogP contribution < -0.4 is 5.32 Å². The zero-order valence-electron chi connectivity index (χ0n) is 15.8. The van der Waals surface area contributed by atoms with Gasteiger partial charge in [-0.05, 0) is 74.3 Å². The number of furan rings is 2. The lowest BCUT2D eigenvalue weighted by Crippen LogP contribution is -2.31. The summed E-state index contributed by atoms with van der Waals surface area (Å²) in [6.45, 7) is 4.71. The average Bonchev–Trinajstić information content (AvgIpc) is 3.12. The van der Waals surface area contributed by atoms with E-state index in [2.05, 4.69) is 34.8 Å². The van der Waals surface area contributed by atoms with Crippen LogP contribution in [0.5, 0.6) is 0 Å². The van der Waals surface area contributed by atoms with E-state index < -0.39 is 0 Å². The van der Waals surface area contributed by atoms with E-state index in [9.17, 15) is 4.79 Å². The van der Waals surface area contributed by atoms with Crippen LogP contribution in [0.15, 0.2) is 32.2 Å². The number of aliphatic imine (C=N–C) groups is 1. The lowest BCUT2D eigenvalue weighted by atomic mass is 10.1. The molecule has 144 valence electrons. The average molecular weight is 481 g/mol. The van der Waals surface area contributed by atoms with E-state index >= 15 is 0 Å². The second-order valence-electron chi connectivity index (χ2n) is 7.56. The van der Waals surface area contributed by atoms with Crippen LogP contribution in [0.1, 0.15) is 66.1 Å². The Hall–Kier alpha value is -1.77. The fourth-order valence-electron chi connectivity index (χ4n) is 3.69. The summed E-state index contributed by atoms with van der Waals surface area (Å²) in [6, 6.07) is 3.79. The van der Waals surface area contributed by atoms with E-state index in [1.165, 1.54) is 0 Å². The lowest BCUT2D eigenvalue weighted by molar-refractivity contribution is 0.0718. The first kappa shape index (κ1) is 18.6. The molecule has 1 atom stereocenters. The van der Waals surface area contributed by atoms with E-state index in [4.69, 9.17) is 13.8 Å². The lowest BCUT2D eigenvalue weighted by Gasteiger charge is -2.23. The first-order valence-electron chi connectivity index (χ1n) is 9.35. The Morgan fingerprint density at radius 3 is 2.81 bits per heavy atom. The number of aryl methyl sites for hydroxylation is 1. The van der Waals surface area contributed by atoms with Gasteiger partial charge in [0.15, 0.2) is 0 Å². The van der Waals surface area contributed by atoms with Gasteiger partial charge >= 0.3 is 0 Å². The van der Waals surface area contributed by atoms with Crippen molar-refractivity contribution in [3.8, 4) is 0 Å². The molecule has 2 aromatic heterocycles. The third-order valence-electron chi connectivity index (χ3n) is 5.46. The van der Waals surface area contributed by atoms with Gasteiger partial charge in [-0.1, -0.05) is 0 Å². The van der Waals surface area contributed by atoms with Crippen molar-refractivity contribution in [2.45, 2.75) is 51.1 Å². The van der Waals surface area contributed by atoms with Crippen molar-refractivity contribution in [2.24, 2.45) is 4.99 Å². The molecule has 0 radical (unpaired) electrons. The second kappa shape index (κ2) is 7.00. The minimum absolute atomic E-state index is 0.00260. The van der Waals surface area contributed by atoms with Gasteiger partial charge in [0.25, 0.3) is 5.91 Å². The number of rotatable bonds is 5. The fourth-order valence-corrected chi connectivity index (χ4v) is 4.79. The minimum atomic E-state index is -0.0248. The maximum atomic E-state index is 13.5. The predicted octanol–water partition coefficient (Wildman–Crippen LogP) is 4.93. The Kier molecular flexibility index (Phi) is 4.82. The number of carbonyl (C=O) groups is 1. The van der Waals surface area contributed by atoms with Crippen LogP contribution in [-0.2, 0) is 0 Å². The van der Waals surface area contributed by atoms with Crippen LogP contribution in [0.4, 0.5) is 5.88 Å². The Morgan fingerprint density at radius 1 is 1.41 bits per heavy atom. The molecule has 1 amide bonds. The third-order valence-corrected chi connectivity index (χ3v) is 6.24. The maximum absolute atomic E-state index is 13.5. The van der Waals surface area contributed by atoms with Crippen LogP contribution in [0, 0.1) is 6.92 Å². The molecule has 1 N–H and O–H groups in total. The van der Waals surface area contributed by atoms with Gasteiger partial charge < -0.3 is 19.1 Å². The molecular formula is C20H24IN3O3. The molecule has 7 heteroatoms. The normalized spacial score (nSPS) is 21.6. The molecule has 2 aromatic rings. The zero-order valence-corrected chi connectivity index (χ0v) is 18.0. The summed E-state index contributed by atoms with van der Waals surface area (Å²) >= 11 is 2.23. The highest BCUT2D eigenvalue weighted by Gasteiger charge is 2.40. The van der Waals surface area contributed by atoms with E-state index in [1.54, 1.807) is 13.3 Å². The SMILES string of the molecule is CNc1oc(C)c(C(=O)N2CCCC2c2ccco2)c1C(I)=NC1(C)CC1. The molecule has 3 heterocycles. The Balaban J connectivity index is 1.73. The van der Waals surface area contributed by atoms with Gasteiger partial charge in [-0.2, -0.15) is 0 Å².